The third-order valence-corrected chi connectivity index (χ3v) is 3.56. The molecule has 7 nitrogen and oxygen atoms in total. The van der Waals surface area contributed by atoms with Crippen LogP contribution < -0.4 is 9.64 Å². The molecule has 1 fully saturated rings. The molecule has 2 rings (SSSR count). The summed E-state index contributed by atoms with van der Waals surface area (Å²) >= 11 is 0. The number of ketones is 1. The van der Waals surface area contributed by atoms with Gasteiger partial charge in [0.1, 0.15) is 11.9 Å². The van der Waals surface area contributed by atoms with Gasteiger partial charge in [-0.15, -0.1) is 10.2 Å². The maximum atomic E-state index is 12.0. The molecule has 1 aromatic rings. The highest BCUT2D eigenvalue weighted by Crippen LogP contribution is 2.18. The molecule has 0 bridgehead atoms. The van der Waals surface area contributed by atoms with Crippen LogP contribution in [0.2, 0.25) is 0 Å². The SMILES string of the molecule is CC(=O)CCC(=O)N1CCC(Oc2ccc(N(C)C)nn2)C1. The van der Waals surface area contributed by atoms with Gasteiger partial charge in [0.05, 0.1) is 6.54 Å². The highest BCUT2D eigenvalue weighted by Gasteiger charge is 2.27. The number of aromatic nitrogens is 2. The van der Waals surface area contributed by atoms with Crippen molar-refractivity contribution in [2.24, 2.45) is 0 Å². The molecule has 1 aliphatic heterocycles. The molecule has 1 aromatic heterocycles. The Hall–Kier alpha value is -2.18. The van der Waals surface area contributed by atoms with E-state index in [2.05, 4.69) is 10.2 Å². The summed E-state index contributed by atoms with van der Waals surface area (Å²) in [6, 6.07) is 3.62. The van der Waals surface area contributed by atoms with E-state index in [1.54, 1.807) is 11.0 Å². The highest BCUT2D eigenvalue weighted by atomic mass is 16.5. The number of likely N-dealkylation sites (tertiary alicyclic amines) is 1. The van der Waals surface area contributed by atoms with Crippen LogP contribution in [0.25, 0.3) is 0 Å². The van der Waals surface area contributed by atoms with Gasteiger partial charge in [0.25, 0.3) is 0 Å². The largest absolute Gasteiger partial charge is 0.471 e. The molecule has 1 amide bonds. The molecule has 0 aromatic carbocycles. The van der Waals surface area contributed by atoms with Crippen LogP contribution >= 0.6 is 0 Å². The second-order valence-electron chi connectivity index (χ2n) is 5.69. The molecule has 120 valence electrons. The van der Waals surface area contributed by atoms with Crippen molar-refractivity contribution in [1.29, 1.82) is 0 Å². The van der Waals surface area contributed by atoms with Gasteiger partial charge in [0.15, 0.2) is 5.82 Å². The molecule has 2 heterocycles. The summed E-state index contributed by atoms with van der Waals surface area (Å²) in [6.07, 6.45) is 1.28. The summed E-state index contributed by atoms with van der Waals surface area (Å²) in [4.78, 5) is 26.5. The van der Waals surface area contributed by atoms with Crippen molar-refractivity contribution in [1.82, 2.24) is 15.1 Å². The lowest BCUT2D eigenvalue weighted by molar-refractivity contribution is -0.132. The van der Waals surface area contributed by atoms with Gasteiger partial charge in [-0.25, -0.2) is 0 Å². The summed E-state index contributed by atoms with van der Waals surface area (Å²) in [5, 5.41) is 8.09. The van der Waals surface area contributed by atoms with Gasteiger partial charge in [-0.1, -0.05) is 0 Å². The minimum Gasteiger partial charge on any atom is -0.471 e. The first-order chi connectivity index (χ1) is 10.5. The fraction of sp³-hybridized carbons (Fsp3) is 0.600. The van der Waals surface area contributed by atoms with E-state index in [0.717, 1.165) is 12.2 Å². The standard InChI is InChI=1S/C15H22N4O3/c1-11(20)4-7-15(21)19-9-8-12(10-19)22-14-6-5-13(16-17-14)18(2)3/h5-6,12H,4,7-10H2,1-3H3. The molecule has 0 aliphatic carbocycles. The minimum absolute atomic E-state index is 0.00957. The molecule has 7 heteroatoms. The highest BCUT2D eigenvalue weighted by molar-refractivity contribution is 5.83. The van der Waals surface area contributed by atoms with E-state index in [9.17, 15) is 9.59 Å². The van der Waals surface area contributed by atoms with E-state index in [-0.39, 0.29) is 24.2 Å². The Morgan fingerprint density at radius 3 is 2.68 bits per heavy atom. The zero-order valence-corrected chi connectivity index (χ0v) is 13.3. The molecule has 22 heavy (non-hydrogen) atoms. The lowest BCUT2D eigenvalue weighted by Gasteiger charge is -2.17. The van der Waals surface area contributed by atoms with Crippen LogP contribution in [0.15, 0.2) is 12.1 Å². The molecule has 0 spiro atoms. The van der Waals surface area contributed by atoms with Crippen LogP contribution in [0.4, 0.5) is 5.82 Å². The average Bonchev–Trinajstić information content (AvgIpc) is 2.94. The Bertz CT molecular complexity index is 530. The number of carbonyl (C=O) groups is 2. The zero-order valence-electron chi connectivity index (χ0n) is 13.3. The molecule has 1 aliphatic rings. The monoisotopic (exact) mass is 306 g/mol. The summed E-state index contributed by atoms with van der Waals surface area (Å²) in [5.41, 5.74) is 0. The summed E-state index contributed by atoms with van der Waals surface area (Å²) < 4.78 is 5.76. The first-order valence-electron chi connectivity index (χ1n) is 7.40. The Morgan fingerprint density at radius 1 is 1.32 bits per heavy atom. The number of Topliss-reactive ketones (excluding diaryl/α,β-unsaturated/α-hetero) is 1. The lowest BCUT2D eigenvalue weighted by atomic mass is 10.2. The van der Waals surface area contributed by atoms with Crippen LogP contribution in [0, 0.1) is 0 Å². The Morgan fingerprint density at radius 2 is 2.09 bits per heavy atom. The fourth-order valence-corrected chi connectivity index (χ4v) is 2.28. The molecule has 0 saturated carbocycles. The number of nitrogens with zero attached hydrogens (tertiary/aromatic N) is 4. The molecule has 0 radical (unpaired) electrons. The molecular weight excluding hydrogens is 284 g/mol. The molecule has 1 atom stereocenters. The van der Waals surface area contributed by atoms with E-state index >= 15 is 0 Å². The summed E-state index contributed by atoms with van der Waals surface area (Å²) in [5.74, 6) is 1.28. The van der Waals surface area contributed by atoms with E-state index in [1.165, 1.54) is 6.92 Å². The van der Waals surface area contributed by atoms with Crippen molar-refractivity contribution in [3.8, 4) is 5.88 Å². The predicted octanol–water partition coefficient (Wildman–Crippen LogP) is 0.891. The van der Waals surface area contributed by atoms with Crippen molar-refractivity contribution >= 4 is 17.5 Å². The van der Waals surface area contributed by atoms with Crippen LogP contribution in [-0.4, -0.2) is 60.1 Å². The Balaban J connectivity index is 1.83. The van der Waals surface area contributed by atoms with E-state index < -0.39 is 0 Å². The zero-order chi connectivity index (χ0) is 16.1. The maximum Gasteiger partial charge on any atom is 0.233 e. The fourth-order valence-electron chi connectivity index (χ4n) is 2.28. The molecule has 0 N–H and O–H groups in total. The number of hydrogen-bond acceptors (Lipinski definition) is 6. The second kappa shape index (κ2) is 7.20. The number of amides is 1. The summed E-state index contributed by atoms with van der Waals surface area (Å²) in [7, 11) is 3.79. The average molecular weight is 306 g/mol. The minimum atomic E-state index is -0.0687. The predicted molar refractivity (Wildman–Crippen MR) is 81.9 cm³/mol. The number of anilines is 1. The normalized spacial score (nSPS) is 17.4. The Kier molecular flexibility index (Phi) is 5.30. The van der Waals surface area contributed by atoms with Crippen LogP contribution in [-0.2, 0) is 9.59 Å². The molecule has 1 unspecified atom stereocenters. The van der Waals surface area contributed by atoms with Gasteiger partial charge in [-0.3, -0.25) is 4.79 Å². The van der Waals surface area contributed by atoms with Crippen molar-refractivity contribution in [2.75, 3.05) is 32.1 Å². The van der Waals surface area contributed by atoms with Crippen LogP contribution in [0.3, 0.4) is 0 Å². The smallest absolute Gasteiger partial charge is 0.233 e. The second-order valence-corrected chi connectivity index (χ2v) is 5.69. The Labute approximate surface area is 130 Å². The van der Waals surface area contributed by atoms with E-state index in [0.29, 0.717) is 25.4 Å². The van der Waals surface area contributed by atoms with E-state index in [4.69, 9.17) is 4.74 Å². The number of hydrogen-bond donors (Lipinski definition) is 0. The number of ether oxygens (including phenoxy) is 1. The van der Waals surface area contributed by atoms with Crippen molar-refractivity contribution in [3.05, 3.63) is 12.1 Å². The van der Waals surface area contributed by atoms with Crippen molar-refractivity contribution < 1.29 is 14.3 Å². The van der Waals surface area contributed by atoms with Gasteiger partial charge in [-0.2, -0.15) is 0 Å². The third-order valence-electron chi connectivity index (χ3n) is 3.56. The number of carbonyl (C=O) groups excluding carboxylic acids is 2. The van der Waals surface area contributed by atoms with Gasteiger partial charge in [0, 0.05) is 46.0 Å². The van der Waals surface area contributed by atoms with Crippen molar-refractivity contribution in [2.45, 2.75) is 32.3 Å². The first-order valence-corrected chi connectivity index (χ1v) is 7.40. The summed E-state index contributed by atoms with van der Waals surface area (Å²) in [6.45, 7) is 2.69. The van der Waals surface area contributed by atoms with Gasteiger partial charge < -0.3 is 19.3 Å². The van der Waals surface area contributed by atoms with E-state index in [1.807, 2.05) is 25.1 Å². The van der Waals surface area contributed by atoms with Crippen LogP contribution in [0.5, 0.6) is 5.88 Å². The first kappa shape index (κ1) is 16.2. The van der Waals surface area contributed by atoms with Crippen LogP contribution in [0.1, 0.15) is 26.2 Å². The van der Waals surface area contributed by atoms with Gasteiger partial charge in [0.2, 0.25) is 11.8 Å². The third kappa shape index (κ3) is 4.41. The van der Waals surface area contributed by atoms with Gasteiger partial charge in [-0.05, 0) is 13.0 Å². The number of rotatable bonds is 6. The van der Waals surface area contributed by atoms with Crippen molar-refractivity contribution in [3.63, 3.8) is 0 Å². The lowest BCUT2D eigenvalue weighted by Crippen LogP contribution is -2.31. The maximum absolute atomic E-state index is 12.0. The van der Waals surface area contributed by atoms with Gasteiger partial charge >= 0.3 is 0 Å². The molecular formula is C15H22N4O3. The topological polar surface area (TPSA) is 75.6 Å². The quantitative estimate of drug-likeness (QED) is 0.777. The molecule has 1 saturated heterocycles.